The number of hydrogen-bond acceptors (Lipinski definition) is 4. The molecule has 4 rings (SSSR count). The molecule has 7 nitrogen and oxygen atoms in total. The van der Waals surface area contributed by atoms with Gasteiger partial charge in [0.2, 0.25) is 5.43 Å². The molecule has 1 saturated carbocycles. The van der Waals surface area contributed by atoms with Gasteiger partial charge in [-0.2, -0.15) is 0 Å². The van der Waals surface area contributed by atoms with Crippen LogP contribution in [-0.4, -0.2) is 28.4 Å². The van der Waals surface area contributed by atoms with Crippen molar-refractivity contribution in [2.24, 2.45) is 0 Å². The average Bonchev–Trinajstić information content (AvgIpc) is 2.88. The molecule has 0 radical (unpaired) electrons. The van der Waals surface area contributed by atoms with E-state index in [0.29, 0.717) is 0 Å². The van der Waals surface area contributed by atoms with E-state index in [1.807, 2.05) is 47.9 Å². The third-order valence-electron chi connectivity index (χ3n) is 6.48. The highest BCUT2D eigenvalue weighted by molar-refractivity contribution is 5.99. The standard InChI is InChI=1S/C27H30N4O3/c1-18-8-10-19(11-9-18)24(20-12-14-29-15-13-20)30-27(34)23-17-31(21-6-4-3-5-7-21)16-22(25(23)32)26(33)28-2/h8-17,21,24H,3-7H2,1-2H3,(H,28,33)(H,30,34)/t24-/m1/s1. The van der Waals surface area contributed by atoms with Gasteiger partial charge in [-0.3, -0.25) is 19.4 Å². The van der Waals surface area contributed by atoms with Gasteiger partial charge in [0.05, 0.1) is 6.04 Å². The second-order valence-electron chi connectivity index (χ2n) is 8.83. The van der Waals surface area contributed by atoms with Crippen molar-refractivity contribution in [2.75, 3.05) is 7.05 Å². The topological polar surface area (TPSA) is 93.1 Å². The Labute approximate surface area is 199 Å². The summed E-state index contributed by atoms with van der Waals surface area (Å²) in [6, 6.07) is 11.3. The number of carbonyl (C=O) groups excluding carboxylic acids is 2. The van der Waals surface area contributed by atoms with Gasteiger partial charge in [0.1, 0.15) is 11.1 Å². The van der Waals surface area contributed by atoms with Crippen molar-refractivity contribution in [1.82, 2.24) is 20.2 Å². The molecule has 34 heavy (non-hydrogen) atoms. The fourth-order valence-corrected chi connectivity index (χ4v) is 4.53. The Hall–Kier alpha value is -3.74. The lowest BCUT2D eigenvalue weighted by Gasteiger charge is -2.26. The zero-order valence-corrected chi connectivity index (χ0v) is 19.6. The molecule has 1 fully saturated rings. The van der Waals surface area contributed by atoms with Crippen LogP contribution in [-0.2, 0) is 0 Å². The highest BCUT2D eigenvalue weighted by atomic mass is 16.2. The van der Waals surface area contributed by atoms with E-state index in [9.17, 15) is 14.4 Å². The summed E-state index contributed by atoms with van der Waals surface area (Å²) < 4.78 is 1.88. The van der Waals surface area contributed by atoms with E-state index in [1.54, 1.807) is 24.8 Å². The predicted molar refractivity (Wildman–Crippen MR) is 131 cm³/mol. The van der Waals surface area contributed by atoms with Crippen LogP contribution in [0.3, 0.4) is 0 Å². The molecule has 0 spiro atoms. The van der Waals surface area contributed by atoms with Gasteiger partial charge in [0.25, 0.3) is 11.8 Å². The highest BCUT2D eigenvalue weighted by Crippen LogP contribution is 2.28. The average molecular weight is 459 g/mol. The Morgan fingerprint density at radius 3 is 2.12 bits per heavy atom. The molecule has 2 aromatic heterocycles. The molecule has 2 N–H and O–H groups in total. The second-order valence-corrected chi connectivity index (χ2v) is 8.83. The third-order valence-corrected chi connectivity index (χ3v) is 6.48. The first-order valence-corrected chi connectivity index (χ1v) is 11.7. The maximum Gasteiger partial charge on any atom is 0.257 e. The molecule has 3 aromatic rings. The lowest BCUT2D eigenvalue weighted by Crippen LogP contribution is -2.37. The third kappa shape index (κ3) is 5.09. The molecule has 0 unspecified atom stereocenters. The van der Waals surface area contributed by atoms with Crippen LogP contribution in [0.2, 0.25) is 0 Å². The van der Waals surface area contributed by atoms with Crippen molar-refractivity contribution >= 4 is 11.8 Å². The Balaban J connectivity index is 1.74. The van der Waals surface area contributed by atoms with E-state index in [1.165, 1.54) is 13.5 Å². The maximum atomic E-state index is 13.5. The Morgan fingerprint density at radius 2 is 1.50 bits per heavy atom. The van der Waals surface area contributed by atoms with Crippen molar-refractivity contribution in [1.29, 1.82) is 0 Å². The zero-order valence-electron chi connectivity index (χ0n) is 19.6. The number of nitrogens with zero attached hydrogens (tertiary/aromatic N) is 2. The fraction of sp³-hybridized carbons (Fsp3) is 0.333. The molecule has 0 aliphatic heterocycles. The van der Waals surface area contributed by atoms with Crippen LogP contribution in [0.25, 0.3) is 0 Å². The van der Waals surface area contributed by atoms with Crippen LogP contribution < -0.4 is 16.1 Å². The number of rotatable bonds is 6. The fourth-order valence-electron chi connectivity index (χ4n) is 4.53. The van der Waals surface area contributed by atoms with Crippen LogP contribution >= 0.6 is 0 Å². The van der Waals surface area contributed by atoms with Crippen LogP contribution in [0.5, 0.6) is 0 Å². The van der Waals surface area contributed by atoms with Crippen LogP contribution in [0.4, 0.5) is 0 Å². The summed E-state index contributed by atoms with van der Waals surface area (Å²) in [4.78, 5) is 43.3. The minimum absolute atomic E-state index is 0.0171. The lowest BCUT2D eigenvalue weighted by molar-refractivity contribution is 0.0940. The second kappa shape index (κ2) is 10.5. The van der Waals surface area contributed by atoms with E-state index in [-0.39, 0.29) is 17.2 Å². The van der Waals surface area contributed by atoms with E-state index in [2.05, 4.69) is 15.6 Å². The summed E-state index contributed by atoms with van der Waals surface area (Å²) in [6.07, 6.45) is 11.8. The normalized spacial score (nSPS) is 14.9. The molecule has 1 aliphatic rings. The number of pyridine rings is 2. The first-order chi connectivity index (χ1) is 16.5. The number of hydrogen-bond donors (Lipinski definition) is 2. The van der Waals surface area contributed by atoms with Crippen molar-refractivity contribution in [3.8, 4) is 0 Å². The lowest BCUT2D eigenvalue weighted by atomic mass is 9.94. The first kappa shape index (κ1) is 23.4. The minimum Gasteiger partial charge on any atom is -0.355 e. The molecule has 1 aromatic carbocycles. The molecule has 1 atom stereocenters. The van der Waals surface area contributed by atoms with Gasteiger partial charge < -0.3 is 15.2 Å². The zero-order chi connectivity index (χ0) is 24.1. The van der Waals surface area contributed by atoms with Gasteiger partial charge >= 0.3 is 0 Å². The van der Waals surface area contributed by atoms with Gasteiger partial charge in [-0.25, -0.2) is 0 Å². The Morgan fingerprint density at radius 1 is 0.912 bits per heavy atom. The molecule has 0 saturated heterocycles. The minimum atomic E-state index is -0.568. The monoisotopic (exact) mass is 458 g/mol. The summed E-state index contributed by atoms with van der Waals surface area (Å²) in [5.74, 6) is -1.00. The Bertz CT molecular complexity index is 1210. The summed E-state index contributed by atoms with van der Waals surface area (Å²) in [6.45, 7) is 2.00. The van der Waals surface area contributed by atoms with Gasteiger partial charge in [-0.15, -0.1) is 0 Å². The van der Waals surface area contributed by atoms with Gasteiger partial charge in [0, 0.05) is 37.9 Å². The maximum absolute atomic E-state index is 13.5. The molecule has 176 valence electrons. The van der Waals surface area contributed by atoms with Crippen LogP contribution in [0, 0.1) is 6.92 Å². The molecule has 0 bridgehead atoms. The molecule has 1 aliphatic carbocycles. The van der Waals surface area contributed by atoms with E-state index >= 15 is 0 Å². The summed E-state index contributed by atoms with van der Waals surface area (Å²) in [7, 11) is 1.48. The smallest absolute Gasteiger partial charge is 0.257 e. The van der Waals surface area contributed by atoms with Gasteiger partial charge in [0.15, 0.2) is 0 Å². The quantitative estimate of drug-likeness (QED) is 0.585. The largest absolute Gasteiger partial charge is 0.355 e. The van der Waals surface area contributed by atoms with Gasteiger partial charge in [-0.05, 0) is 43.0 Å². The number of aryl methyl sites for hydroxylation is 1. The highest BCUT2D eigenvalue weighted by Gasteiger charge is 2.25. The molecule has 2 amide bonds. The molecular formula is C27H30N4O3. The van der Waals surface area contributed by atoms with E-state index in [0.717, 1.165) is 42.4 Å². The predicted octanol–water partition coefficient (Wildman–Crippen LogP) is 3.94. The SMILES string of the molecule is CNC(=O)c1cn(C2CCCCC2)cc(C(=O)N[C@@H](c2ccncc2)c2ccc(C)cc2)c1=O. The summed E-state index contributed by atoms with van der Waals surface area (Å²) in [5.41, 5.74) is 2.23. The summed E-state index contributed by atoms with van der Waals surface area (Å²) in [5, 5.41) is 5.55. The van der Waals surface area contributed by atoms with Crippen molar-refractivity contribution in [3.63, 3.8) is 0 Å². The molecule has 2 heterocycles. The van der Waals surface area contributed by atoms with E-state index < -0.39 is 23.3 Å². The Kier molecular flexibility index (Phi) is 7.21. The van der Waals surface area contributed by atoms with Crippen molar-refractivity contribution in [2.45, 2.75) is 51.1 Å². The number of aromatic nitrogens is 2. The van der Waals surface area contributed by atoms with Crippen molar-refractivity contribution < 1.29 is 9.59 Å². The number of nitrogens with one attached hydrogen (secondary N) is 2. The number of amides is 2. The molecular weight excluding hydrogens is 428 g/mol. The summed E-state index contributed by atoms with van der Waals surface area (Å²) >= 11 is 0. The van der Waals surface area contributed by atoms with E-state index in [4.69, 9.17) is 0 Å². The number of benzene rings is 1. The van der Waals surface area contributed by atoms with Crippen LogP contribution in [0.1, 0.15) is 81.6 Å². The molecule has 7 heteroatoms. The first-order valence-electron chi connectivity index (χ1n) is 11.7. The van der Waals surface area contributed by atoms with Gasteiger partial charge in [-0.1, -0.05) is 49.1 Å². The van der Waals surface area contributed by atoms with Crippen LogP contribution in [0.15, 0.2) is 66.0 Å². The number of carbonyl (C=O) groups is 2. The van der Waals surface area contributed by atoms with Crippen molar-refractivity contribution in [3.05, 3.63) is 99.2 Å².